The van der Waals surface area contributed by atoms with Gasteiger partial charge < -0.3 is 25.0 Å². The summed E-state index contributed by atoms with van der Waals surface area (Å²) in [4.78, 5) is 40.6. The van der Waals surface area contributed by atoms with Crippen LogP contribution in [0.15, 0.2) is 0 Å². The molecule has 194 valence electrons. The highest BCUT2D eigenvalue weighted by molar-refractivity contribution is 5.90. The first-order chi connectivity index (χ1) is 15.1. The summed E-state index contributed by atoms with van der Waals surface area (Å²) < 4.78 is 11.2. The van der Waals surface area contributed by atoms with E-state index in [1.165, 1.54) is 0 Å². The van der Waals surface area contributed by atoms with Crippen molar-refractivity contribution < 1.29 is 23.9 Å². The predicted molar refractivity (Wildman–Crippen MR) is 132 cm³/mol. The van der Waals surface area contributed by atoms with Crippen LogP contribution in [0, 0.1) is 17.8 Å². The second-order valence-electron chi connectivity index (χ2n) is 10.6. The van der Waals surface area contributed by atoms with Gasteiger partial charge in [-0.2, -0.15) is 0 Å². The average molecular weight is 472 g/mol. The summed E-state index contributed by atoms with van der Waals surface area (Å²) in [5.74, 6) is -0.742. The molecule has 0 radical (unpaired) electrons. The highest BCUT2D eigenvalue weighted by atomic mass is 16.6. The Balaban J connectivity index is 5.83. The molecule has 0 rings (SSSR count). The van der Waals surface area contributed by atoms with Crippen LogP contribution in [-0.2, 0) is 23.9 Å². The van der Waals surface area contributed by atoms with Gasteiger partial charge >= 0.3 is 5.97 Å². The minimum absolute atomic E-state index is 0.0360. The first-order valence-corrected chi connectivity index (χ1v) is 12.1. The molecule has 0 aliphatic rings. The van der Waals surface area contributed by atoms with Crippen molar-refractivity contribution in [1.29, 1.82) is 0 Å². The second kappa shape index (κ2) is 13.9. The van der Waals surface area contributed by atoms with Gasteiger partial charge in [-0.25, -0.2) is 0 Å². The van der Waals surface area contributed by atoms with Crippen LogP contribution in [-0.4, -0.2) is 73.7 Å². The van der Waals surface area contributed by atoms with E-state index in [0.717, 1.165) is 6.42 Å². The highest BCUT2D eigenvalue weighted by Gasteiger charge is 2.38. The lowest BCUT2D eigenvalue weighted by molar-refractivity contribution is -0.161. The van der Waals surface area contributed by atoms with Crippen molar-refractivity contribution in [3.05, 3.63) is 0 Å². The molecular weight excluding hydrogens is 422 g/mol. The molecule has 0 bridgehead atoms. The number of likely N-dealkylation sites (N-methyl/N-ethyl adjacent to an activating group) is 2. The van der Waals surface area contributed by atoms with Crippen LogP contribution in [0.25, 0.3) is 0 Å². The molecule has 0 spiro atoms. The summed E-state index contributed by atoms with van der Waals surface area (Å²) in [5.41, 5.74) is -0.601. The zero-order chi connectivity index (χ0) is 26.1. The van der Waals surface area contributed by atoms with E-state index in [-0.39, 0.29) is 48.0 Å². The maximum absolute atomic E-state index is 13.6. The molecule has 0 aromatic rings. The number of carbonyl (C=O) groups is 3. The number of amides is 2. The predicted octanol–water partition coefficient (Wildman–Crippen LogP) is 2.99. The molecule has 2 N–H and O–H groups in total. The molecular formula is C25H49N3O5. The maximum Gasteiger partial charge on any atom is 0.309 e. The lowest BCUT2D eigenvalue weighted by Gasteiger charge is -2.40. The van der Waals surface area contributed by atoms with Gasteiger partial charge in [0.25, 0.3) is 0 Å². The molecule has 2 amide bonds. The summed E-state index contributed by atoms with van der Waals surface area (Å²) in [6, 6.07) is -1.44. The van der Waals surface area contributed by atoms with Crippen molar-refractivity contribution in [2.24, 2.45) is 17.8 Å². The van der Waals surface area contributed by atoms with E-state index in [9.17, 15) is 14.4 Å². The molecule has 0 aromatic heterocycles. The Kier molecular flexibility index (Phi) is 13.2. The van der Waals surface area contributed by atoms with E-state index >= 15 is 0 Å². The minimum Gasteiger partial charge on any atom is -0.460 e. The second-order valence-corrected chi connectivity index (χ2v) is 10.6. The quantitative estimate of drug-likeness (QED) is 0.401. The Bertz CT molecular complexity index is 630. The molecule has 0 saturated carbocycles. The van der Waals surface area contributed by atoms with Crippen LogP contribution in [0.3, 0.4) is 0 Å². The van der Waals surface area contributed by atoms with Gasteiger partial charge in [-0.1, -0.05) is 48.0 Å². The molecule has 0 saturated heterocycles. The van der Waals surface area contributed by atoms with Crippen LogP contribution in [0.1, 0.15) is 75.2 Å². The van der Waals surface area contributed by atoms with Crippen molar-refractivity contribution in [2.75, 3.05) is 21.2 Å². The molecule has 5 atom stereocenters. The lowest BCUT2D eigenvalue weighted by atomic mass is 9.90. The van der Waals surface area contributed by atoms with Crippen LogP contribution in [0.2, 0.25) is 0 Å². The number of hydrogen-bond donors (Lipinski definition) is 2. The van der Waals surface area contributed by atoms with E-state index in [4.69, 9.17) is 9.47 Å². The number of carbonyl (C=O) groups excluding carboxylic acids is 3. The van der Waals surface area contributed by atoms with Crippen LogP contribution in [0.5, 0.6) is 0 Å². The van der Waals surface area contributed by atoms with Gasteiger partial charge in [0.2, 0.25) is 11.8 Å². The zero-order valence-corrected chi connectivity index (χ0v) is 22.9. The van der Waals surface area contributed by atoms with Crippen molar-refractivity contribution in [2.45, 2.75) is 105 Å². The summed E-state index contributed by atoms with van der Waals surface area (Å²) in [6.07, 6.45) is 0.298. The third-order valence-corrected chi connectivity index (χ3v) is 5.98. The number of esters is 1. The number of ether oxygens (including phenoxy) is 2. The van der Waals surface area contributed by atoms with Crippen LogP contribution in [0.4, 0.5) is 0 Å². The maximum atomic E-state index is 13.6. The Morgan fingerprint density at radius 2 is 1.48 bits per heavy atom. The first-order valence-electron chi connectivity index (χ1n) is 12.1. The number of methoxy groups -OCH3 is 1. The van der Waals surface area contributed by atoms with Crippen molar-refractivity contribution in [3.63, 3.8) is 0 Å². The number of hydrogen-bond acceptors (Lipinski definition) is 6. The van der Waals surface area contributed by atoms with Crippen LogP contribution >= 0.6 is 0 Å². The van der Waals surface area contributed by atoms with Crippen molar-refractivity contribution in [1.82, 2.24) is 15.5 Å². The fraction of sp³-hybridized carbons (Fsp3) is 0.880. The number of nitrogens with one attached hydrogen (secondary N) is 2. The molecule has 0 aliphatic heterocycles. The van der Waals surface area contributed by atoms with E-state index in [2.05, 4.69) is 10.6 Å². The minimum atomic E-state index is -0.692. The molecule has 0 heterocycles. The Morgan fingerprint density at radius 3 is 1.85 bits per heavy atom. The molecule has 0 aliphatic carbocycles. The third-order valence-electron chi connectivity index (χ3n) is 5.98. The zero-order valence-electron chi connectivity index (χ0n) is 22.9. The van der Waals surface area contributed by atoms with E-state index in [1.54, 1.807) is 26.1 Å². The van der Waals surface area contributed by atoms with Gasteiger partial charge in [0, 0.05) is 14.2 Å². The normalized spacial score (nSPS) is 16.7. The average Bonchev–Trinajstić information content (AvgIpc) is 2.68. The first kappa shape index (κ1) is 31.3. The van der Waals surface area contributed by atoms with Crippen molar-refractivity contribution >= 4 is 17.8 Å². The van der Waals surface area contributed by atoms with Gasteiger partial charge in [0.1, 0.15) is 11.6 Å². The molecule has 0 aromatic carbocycles. The van der Waals surface area contributed by atoms with E-state index in [1.807, 2.05) is 62.3 Å². The van der Waals surface area contributed by atoms with Gasteiger partial charge in [0.05, 0.1) is 24.6 Å². The third kappa shape index (κ3) is 10.0. The summed E-state index contributed by atoms with van der Waals surface area (Å²) in [7, 11) is 5.01. The molecule has 2 unspecified atom stereocenters. The number of rotatable bonds is 13. The summed E-state index contributed by atoms with van der Waals surface area (Å²) >= 11 is 0. The van der Waals surface area contributed by atoms with Gasteiger partial charge in [-0.15, -0.1) is 0 Å². The monoisotopic (exact) mass is 471 g/mol. The highest BCUT2D eigenvalue weighted by Crippen LogP contribution is 2.24. The van der Waals surface area contributed by atoms with Gasteiger partial charge in [0.15, 0.2) is 0 Å². The molecule has 0 fully saturated rings. The number of nitrogens with zero attached hydrogens (tertiary/aromatic N) is 1. The fourth-order valence-electron chi connectivity index (χ4n) is 4.02. The standard InChI is InChI=1S/C25H49N3O5/c1-13-17(6)22(18(32-12)14-19(29)33-25(7,8)9)28(11)24(31)21(16(4)5)27-23(30)20(26-10)15(2)3/h15-18,20-22,26H,13-14H2,1-12H3,(H,27,30)/t17-,18+,20?,21?,22-/m0/s1. The molecule has 8 heteroatoms. The Labute approximate surface area is 201 Å². The van der Waals surface area contributed by atoms with E-state index < -0.39 is 23.8 Å². The largest absolute Gasteiger partial charge is 0.460 e. The lowest BCUT2D eigenvalue weighted by Crippen LogP contribution is -2.59. The SMILES string of the molecule is CC[C@H](C)[C@@H]([C@@H](CC(=O)OC(C)(C)C)OC)N(C)C(=O)C(NC(=O)C(NC)C(C)C)C(C)C. The molecule has 33 heavy (non-hydrogen) atoms. The fourth-order valence-corrected chi connectivity index (χ4v) is 4.02. The molecule has 8 nitrogen and oxygen atoms in total. The van der Waals surface area contributed by atoms with Gasteiger partial charge in [-0.05, 0) is 45.6 Å². The smallest absolute Gasteiger partial charge is 0.309 e. The van der Waals surface area contributed by atoms with E-state index in [0.29, 0.717) is 0 Å². The van der Waals surface area contributed by atoms with Gasteiger partial charge in [-0.3, -0.25) is 14.4 Å². The Hall–Kier alpha value is -1.67. The Morgan fingerprint density at radius 1 is 0.970 bits per heavy atom. The van der Waals surface area contributed by atoms with Crippen molar-refractivity contribution in [3.8, 4) is 0 Å². The summed E-state index contributed by atoms with van der Waals surface area (Å²) in [5, 5.41) is 5.97. The topological polar surface area (TPSA) is 97.0 Å². The summed E-state index contributed by atoms with van der Waals surface area (Å²) in [6.45, 7) is 17.3. The van der Waals surface area contributed by atoms with Crippen LogP contribution < -0.4 is 10.6 Å².